The van der Waals surface area contributed by atoms with Gasteiger partial charge in [-0.1, -0.05) is 13.3 Å². The van der Waals surface area contributed by atoms with Crippen LogP contribution in [0.15, 0.2) is 0 Å². The number of hydrogen-bond acceptors (Lipinski definition) is 4. The van der Waals surface area contributed by atoms with Gasteiger partial charge in [0.05, 0.1) is 30.7 Å². The second-order valence-corrected chi connectivity index (χ2v) is 7.99. The molecule has 0 spiro atoms. The van der Waals surface area contributed by atoms with E-state index in [2.05, 4.69) is 0 Å². The first kappa shape index (κ1) is 16.2. The molecule has 6 heteroatoms. The molecule has 0 aromatic carbocycles. The molecule has 0 aromatic heterocycles. The van der Waals surface area contributed by atoms with E-state index in [1.807, 2.05) is 20.8 Å². The summed E-state index contributed by atoms with van der Waals surface area (Å²) in [4.78, 5) is 0. The van der Waals surface area contributed by atoms with E-state index in [1.54, 1.807) is 0 Å². The zero-order valence-corrected chi connectivity index (χ0v) is 12.8. The summed E-state index contributed by atoms with van der Waals surface area (Å²) in [6, 6.07) is 0. The fourth-order valence-corrected chi connectivity index (χ4v) is 3.75. The average Bonchev–Trinajstić information content (AvgIpc) is 2.21. The molecule has 1 aliphatic heterocycles. The Hall–Kier alpha value is 0.160. The summed E-state index contributed by atoms with van der Waals surface area (Å²) in [5, 5.41) is 0. The van der Waals surface area contributed by atoms with Crippen LogP contribution in [0.1, 0.15) is 40.0 Å². The SMILES string of the molecule is CCC(COC1CC(C)OC(C)C1)CS(=O)(=O)Cl. The largest absolute Gasteiger partial charge is 0.378 e. The second-order valence-electron chi connectivity index (χ2n) is 5.16. The van der Waals surface area contributed by atoms with Gasteiger partial charge in [0, 0.05) is 10.7 Å². The first-order valence-electron chi connectivity index (χ1n) is 6.49. The van der Waals surface area contributed by atoms with Gasteiger partial charge in [0.1, 0.15) is 0 Å². The fourth-order valence-electron chi connectivity index (χ4n) is 2.32. The first-order chi connectivity index (χ1) is 8.30. The van der Waals surface area contributed by atoms with Crippen molar-refractivity contribution in [3.05, 3.63) is 0 Å². The van der Waals surface area contributed by atoms with Crippen LogP contribution in [-0.4, -0.2) is 39.1 Å². The average molecular weight is 299 g/mol. The maximum atomic E-state index is 11.0. The molecule has 0 saturated carbocycles. The molecule has 0 radical (unpaired) electrons. The van der Waals surface area contributed by atoms with Gasteiger partial charge in [0.15, 0.2) is 0 Å². The Morgan fingerprint density at radius 3 is 2.33 bits per heavy atom. The van der Waals surface area contributed by atoms with E-state index in [-0.39, 0.29) is 30.0 Å². The summed E-state index contributed by atoms with van der Waals surface area (Å²) in [5.41, 5.74) is 0. The van der Waals surface area contributed by atoms with Crippen LogP contribution in [0.5, 0.6) is 0 Å². The van der Waals surface area contributed by atoms with Crippen LogP contribution in [0.25, 0.3) is 0 Å². The van der Waals surface area contributed by atoms with Crippen molar-refractivity contribution in [1.82, 2.24) is 0 Å². The van der Waals surface area contributed by atoms with Crippen molar-refractivity contribution >= 4 is 19.7 Å². The van der Waals surface area contributed by atoms with E-state index < -0.39 is 9.05 Å². The summed E-state index contributed by atoms with van der Waals surface area (Å²) >= 11 is 0. The molecule has 0 aromatic rings. The molecular formula is C12H23ClO4S. The molecule has 18 heavy (non-hydrogen) atoms. The van der Waals surface area contributed by atoms with E-state index in [0.29, 0.717) is 6.61 Å². The summed E-state index contributed by atoms with van der Waals surface area (Å²) in [6.45, 7) is 6.47. The maximum absolute atomic E-state index is 11.0. The number of halogens is 1. The van der Waals surface area contributed by atoms with Gasteiger partial charge >= 0.3 is 0 Å². The van der Waals surface area contributed by atoms with Gasteiger partial charge in [0.25, 0.3) is 0 Å². The van der Waals surface area contributed by atoms with Gasteiger partial charge in [-0.3, -0.25) is 0 Å². The predicted octanol–water partition coefficient (Wildman–Crippen LogP) is 2.55. The Labute approximate surface area is 114 Å². The maximum Gasteiger partial charge on any atom is 0.232 e. The molecular weight excluding hydrogens is 276 g/mol. The van der Waals surface area contributed by atoms with Gasteiger partial charge in [-0.25, -0.2) is 8.42 Å². The molecule has 1 rings (SSSR count). The molecule has 1 fully saturated rings. The Morgan fingerprint density at radius 2 is 1.89 bits per heavy atom. The molecule has 1 aliphatic rings. The van der Waals surface area contributed by atoms with Crippen LogP contribution in [0.3, 0.4) is 0 Å². The lowest BCUT2D eigenvalue weighted by Gasteiger charge is -2.32. The van der Waals surface area contributed by atoms with Crippen molar-refractivity contribution < 1.29 is 17.9 Å². The van der Waals surface area contributed by atoms with Crippen LogP contribution in [-0.2, 0) is 18.5 Å². The van der Waals surface area contributed by atoms with Crippen molar-refractivity contribution in [2.24, 2.45) is 5.92 Å². The summed E-state index contributed by atoms with van der Waals surface area (Å²) in [5.74, 6) is -0.0414. The molecule has 1 saturated heterocycles. The number of rotatable bonds is 6. The highest BCUT2D eigenvalue weighted by atomic mass is 35.7. The summed E-state index contributed by atoms with van der Waals surface area (Å²) in [6.07, 6.45) is 3.06. The van der Waals surface area contributed by atoms with E-state index in [9.17, 15) is 8.42 Å². The highest BCUT2D eigenvalue weighted by Gasteiger charge is 2.26. The zero-order chi connectivity index (χ0) is 13.8. The van der Waals surface area contributed by atoms with E-state index in [0.717, 1.165) is 19.3 Å². The summed E-state index contributed by atoms with van der Waals surface area (Å²) in [7, 11) is 1.83. The monoisotopic (exact) mass is 298 g/mol. The van der Waals surface area contributed by atoms with E-state index >= 15 is 0 Å². The van der Waals surface area contributed by atoms with Crippen molar-refractivity contribution in [2.45, 2.75) is 58.3 Å². The minimum absolute atomic E-state index is 0.0145. The molecule has 0 bridgehead atoms. The van der Waals surface area contributed by atoms with E-state index in [4.69, 9.17) is 20.2 Å². The van der Waals surface area contributed by atoms with Crippen LogP contribution < -0.4 is 0 Å². The van der Waals surface area contributed by atoms with Gasteiger partial charge in [-0.15, -0.1) is 0 Å². The molecule has 108 valence electrons. The van der Waals surface area contributed by atoms with Crippen LogP contribution in [0.4, 0.5) is 0 Å². The lowest BCUT2D eigenvalue weighted by molar-refractivity contribution is -0.106. The third-order valence-electron chi connectivity index (χ3n) is 3.23. The minimum Gasteiger partial charge on any atom is -0.378 e. The topological polar surface area (TPSA) is 52.6 Å². The van der Waals surface area contributed by atoms with Crippen molar-refractivity contribution in [3.63, 3.8) is 0 Å². The Bertz CT molecular complexity index is 334. The molecule has 0 N–H and O–H groups in total. The summed E-state index contributed by atoms with van der Waals surface area (Å²) < 4.78 is 33.5. The van der Waals surface area contributed by atoms with Crippen molar-refractivity contribution in [3.8, 4) is 0 Å². The smallest absolute Gasteiger partial charge is 0.232 e. The zero-order valence-electron chi connectivity index (χ0n) is 11.3. The quantitative estimate of drug-likeness (QED) is 0.707. The highest BCUT2D eigenvalue weighted by Crippen LogP contribution is 2.22. The van der Waals surface area contributed by atoms with Crippen LogP contribution >= 0.6 is 10.7 Å². The standard InChI is InChI=1S/C12H23ClO4S/c1-4-11(8-18(13,14)15)7-16-12-5-9(2)17-10(3)6-12/h9-12H,4-8H2,1-3H3. The third-order valence-corrected chi connectivity index (χ3v) is 4.48. The van der Waals surface area contributed by atoms with E-state index in [1.165, 1.54) is 0 Å². The molecule has 0 aliphatic carbocycles. The number of ether oxygens (including phenoxy) is 2. The van der Waals surface area contributed by atoms with Gasteiger partial charge < -0.3 is 9.47 Å². The molecule has 3 unspecified atom stereocenters. The van der Waals surface area contributed by atoms with Gasteiger partial charge in [-0.2, -0.15) is 0 Å². The third kappa shape index (κ3) is 6.36. The highest BCUT2D eigenvalue weighted by molar-refractivity contribution is 8.13. The minimum atomic E-state index is -3.44. The first-order valence-corrected chi connectivity index (χ1v) is 8.97. The van der Waals surface area contributed by atoms with Crippen molar-refractivity contribution in [2.75, 3.05) is 12.4 Å². The molecule has 3 atom stereocenters. The molecule has 4 nitrogen and oxygen atoms in total. The van der Waals surface area contributed by atoms with Gasteiger partial charge in [-0.05, 0) is 32.6 Å². The predicted molar refractivity (Wildman–Crippen MR) is 72.4 cm³/mol. The molecule has 1 heterocycles. The Balaban J connectivity index is 2.38. The Kier molecular flexibility index (Phi) is 6.38. The fraction of sp³-hybridized carbons (Fsp3) is 1.00. The normalized spacial score (nSPS) is 31.2. The van der Waals surface area contributed by atoms with Crippen molar-refractivity contribution in [1.29, 1.82) is 0 Å². The second kappa shape index (κ2) is 7.08. The number of hydrogen-bond donors (Lipinski definition) is 0. The lowest BCUT2D eigenvalue weighted by Crippen LogP contribution is -2.35. The van der Waals surface area contributed by atoms with Crippen LogP contribution in [0, 0.1) is 5.92 Å². The van der Waals surface area contributed by atoms with Crippen LogP contribution in [0.2, 0.25) is 0 Å². The Morgan fingerprint density at radius 1 is 1.33 bits per heavy atom. The molecule has 0 amide bonds. The lowest BCUT2D eigenvalue weighted by atomic mass is 10.0. The van der Waals surface area contributed by atoms with Gasteiger partial charge in [0.2, 0.25) is 9.05 Å².